The first-order valence-corrected chi connectivity index (χ1v) is 9.35. The van der Waals surface area contributed by atoms with Crippen molar-refractivity contribution in [2.75, 3.05) is 0 Å². The molecule has 1 aliphatic carbocycles. The van der Waals surface area contributed by atoms with Gasteiger partial charge in [0.1, 0.15) is 0 Å². The standard InChI is InChI=1S/C22H23ClN2/c1-14(24)7-10-19-21-18-11-9-17(23)13-16(18)8-12-20(21)25-22(19)15-5-3-2-4-6-15/h2-6,9,11,13-14,25H,7-8,10,12,24H2,1H3. The molecular formula is C22H23ClN2. The summed E-state index contributed by atoms with van der Waals surface area (Å²) in [6.07, 6.45) is 4.02. The van der Waals surface area contributed by atoms with Crippen LogP contribution in [0.5, 0.6) is 0 Å². The van der Waals surface area contributed by atoms with Crippen LogP contribution in [0.15, 0.2) is 48.5 Å². The van der Waals surface area contributed by atoms with Crippen LogP contribution in [-0.2, 0) is 19.3 Å². The third-order valence-electron chi connectivity index (χ3n) is 5.07. The Morgan fingerprint density at radius 1 is 1.12 bits per heavy atom. The van der Waals surface area contributed by atoms with Crippen molar-refractivity contribution in [2.45, 2.75) is 38.6 Å². The molecule has 0 amide bonds. The average molecular weight is 351 g/mol. The third kappa shape index (κ3) is 3.12. The maximum atomic E-state index is 6.22. The van der Waals surface area contributed by atoms with Crippen molar-refractivity contribution in [3.63, 3.8) is 0 Å². The Morgan fingerprint density at radius 2 is 1.92 bits per heavy atom. The van der Waals surface area contributed by atoms with E-state index in [1.807, 2.05) is 6.07 Å². The number of halogens is 1. The number of hydrogen-bond acceptors (Lipinski definition) is 1. The smallest absolute Gasteiger partial charge is 0.0495 e. The minimum Gasteiger partial charge on any atom is -0.358 e. The molecule has 0 spiro atoms. The maximum Gasteiger partial charge on any atom is 0.0495 e. The SMILES string of the molecule is CC(N)CCc1c(-c2ccccc2)[nH]c2c1-c1ccc(Cl)cc1CC2. The molecule has 1 aliphatic rings. The molecule has 0 fully saturated rings. The van der Waals surface area contributed by atoms with E-state index in [0.717, 1.165) is 30.7 Å². The highest BCUT2D eigenvalue weighted by Gasteiger charge is 2.25. The second-order valence-corrected chi connectivity index (χ2v) is 7.45. The molecule has 4 rings (SSSR count). The number of H-pyrrole nitrogens is 1. The normalized spacial score (nSPS) is 14.0. The van der Waals surface area contributed by atoms with Crippen LogP contribution in [-0.4, -0.2) is 11.0 Å². The fourth-order valence-electron chi connectivity index (χ4n) is 3.85. The predicted octanol–water partition coefficient (Wildman–Crippen LogP) is 5.38. The molecule has 1 unspecified atom stereocenters. The number of fused-ring (bicyclic) bond motifs is 3. The summed E-state index contributed by atoms with van der Waals surface area (Å²) >= 11 is 6.22. The van der Waals surface area contributed by atoms with E-state index in [4.69, 9.17) is 17.3 Å². The molecule has 0 bridgehead atoms. The topological polar surface area (TPSA) is 41.8 Å². The minimum absolute atomic E-state index is 0.197. The zero-order chi connectivity index (χ0) is 17.4. The van der Waals surface area contributed by atoms with E-state index in [-0.39, 0.29) is 6.04 Å². The van der Waals surface area contributed by atoms with Gasteiger partial charge >= 0.3 is 0 Å². The van der Waals surface area contributed by atoms with Crippen LogP contribution in [0.4, 0.5) is 0 Å². The van der Waals surface area contributed by atoms with Gasteiger partial charge in [-0.25, -0.2) is 0 Å². The molecule has 0 saturated heterocycles. The first-order chi connectivity index (χ1) is 12.1. The summed E-state index contributed by atoms with van der Waals surface area (Å²) in [5, 5.41) is 0.818. The summed E-state index contributed by atoms with van der Waals surface area (Å²) < 4.78 is 0. The molecule has 3 aromatic rings. The maximum absolute atomic E-state index is 6.22. The van der Waals surface area contributed by atoms with Crippen LogP contribution in [0, 0.1) is 0 Å². The highest BCUT2D eigenvalue weighted by molar-refractivity contribution is 6.30. The molecule has 2 nitrogen and oxygen atoms in total. The van der Waals surface area contributed by atoms with Gasteiger partial charge in [-0.3, -0.25) is 0 Å². The first kappa shape index (κ1) is 16.4. The van der Waals surface area contributed by atoms with Crippen molar-refractivity contribution in [3.8, 4) is 22.4 Å². The van der Waals surface area contributed by atoms with Gasteiger partial charge in [0.15, 0.2) is 0 Å². The van der Waals surface area contributed by atoms with Gasteiger partial charge in [0, 0.05) is 28.0 Å². The van der Waals surface area contributed by atoms with Gasteiger partial charge < -0.3 is 10.7 Å². The molecule has 0 aliphatic heterocycles. The van der Waals surface area contributed by atoms with Gasteiger partial charge in [-0.05, 0) is 67.0 Å². The van der Waals surface area contributed by atoms with E-state index >= 15 is 0 Å². The van der Waals surface area contributed by atoms with Crippen LogP contribution in [0.3, 0.4) is 0 Å². The Morgan fingerprint density at radius 3 is 2.68 bits per heavy atom. The Hall–Kier alpha value is -2.03. The molecule has 0 saturated carbocycles. The largest absolute Gasteiger partial charge is 0.358 e. The second kappa shape index (κ2) is 6.70. The van der Waals surface area contributed by atoms with Crippen LogP contribution >= 0.6 is 11.6 Å². The summed E-state index contributed by atoms with van der Waals surface area (Å²) in [4.78, 5) is 3.72. The molecule has 3 heteroatoms. The Bertz CT molecular complexity index is 894. The van der Waals surface area contributed by atoms with E-state index in [9.17, 15) is 0 Å². The summed E-state index contributed by atoms with van der Waals surface area (Å²) in [5.74, 6) is 0. The number of benzene rings is 2. The van der Waals surface area contributed by atoms with Crippen molar-refractivity contribution < 1.29 is 0 Å². The molecule has 25 heavy (non-hydrogen) atoms. The highest BCUT2D eigenvalue weighted by Crippen LogP contribution is 2.42. The molecule has 1 atom stereocenters. The van der Waals surface area contributed by atoms with Crippen molar-refractivity contribution >= 4 is 11.6 Å². The highest BCUT2D eigenvalue weighted by atomic mass is 35.5. The summed E-state index contributed by atoms with van der Waals surface area (Å²) in [6.45, 7) is 2.08. The fraction of sp³-hybridized carbons (Fsp3) is 0.273. The molecule has 1 aromatic heterocycles. The van der Waals surface area contributed by atoms with Crippen molar-refractivity contribution in [1.82, 2.24) is 4.98 Å². The van der Waals surface area contributed by atoms with E-state index < -0.39 is 0 Å². The van der Waals surface area contributed by atoms with Gasteiger partial charge in [-0.2, -0.15) is 0 Å². The van der Waals surface area contributed by atoms with E-state index in [0.29, 0.717) is 0 Å². The number of rotatable bonds is 4. The Balaban J connectivity index is 1.89. The quantitative estimate of drug-likeness (QED) is 0.651. The molecular weight excluding hydrogens is 328 g/mol. The zero-order valence-corrected chi connectivity index (χ0v) is 15.2. The summed E-state index contributed by atoms with van der Waals surface area (Å²) in [5.41, 5.74) is 15.3. The lowest BCUT2D eigenvalue weighted by Crippen LogP contribution is -2.15. The molecule has 2 aromatic carbocycles. The van der Waals surface area contributed by atoms with Gasteiger partial charge in [0.05, 0.1) is 0 Å². The number of aromatic amines is 1. The number of nitrogens with two attached hydrogens (primary N) is 1. The monoisotopic (exact) mass is 350 g/mol. The summed E-state index contributed by atoms with van der Waals surface area (Å²) in [7, 11) is 0. The molecule has 3 N–H and O–H groups in total. The first-order valence-electron chi connectivity index (χ1n) is 8.97. The Kier molecular flexibility index (Phi) is 4.41. The number of aryl methyl sites for hydroxylation is 2. The lowest BCUT2D eigenvalue weighted by atomic mass is 9.85. The average Bonchev–Trinajstić information content (AvgIpc) is 2.99. The van der Waals surface area contributed by atoms with Crippen molar-refractivity contribution in [2.24, 2.45) is 5.73 Å². The molecule has 1 heterocycles. The summed E-state index contributed by atoms with van der Waals surface area (Å²) in [6, 6.07) is 17.1. The fourth-order valence-corrected chi connectivity index (χ4v) is 4.05. The van der Waals surface area contributed by atoms with Gasteiger partial charge in [-0.1, -0.05) is 48.0 Å². The molecule has 128 valence electrons. The van der Waals surface area contributed by atoms with E-state index in [1.165, 1.54) is 39.2 Å². The van der Waals surface area contributed by atoms with Crippen molar-refractivity contribution in [1.29, 1.82) is 0 Å². The van der Waals surface area contributed by atoms with Crippen LogP contribution in [0.25, 0.3) is 22.4 Å². The number of hydrogen-bond donors (Lipinski definition) is 2. The van der Waals surface area contributed by atoms with Gasteiger partial charge in [-0.15, -0.1) is 0 Å². The number of aromatic nitrogens is 1. The van der Waals surface area contributed by atoms with Gasteiger partial charge in [0.2, 0.25) is 0 Å². The third-order valence-corrected chi connectivity index (χ3v) is 5.31. The number of nitrogens with one attached hydrogen (secondary N) is 1. The minimum atomic E-state index is 0.197. The van der Waals surface area contributed by atoms with Gasteiger partial charge in [0.25, 0.3) is 0 Å². The van der Waals surface area contributed by atoms with Crippen LogP contribution in [0.1, 0.15) is 30.2 Å². The lowest BCUT2D eigenvalue weighted by molar-refractivity contribution is 0.667. The lowest BCUT2D eigenvalue weighted by Gasteiger charge is -2.19. The van der Waals surface area contributed by atoms with Crippen LogP contribution < -0.4 is 5.73 Å². The zero-order valence-electron chi connectivity index (χ0n) is 14.5. The van der Waals surface area contributed by atoms with E-state index in [2.05, 4.69) is 54.4 Å². The predicted molar refractivity (Wildman–Crippen MR) is 106 cm³/mol. The molecule has 0 radical (unpaired) electrons. The van der Waals surface area contributed by atoms with Crippen LogP contribution in [0.2, 0.25) is 5.02 Å². The van der Waals surface area contributed by atoms with Crippen molar-refractivity contribution in [3.05, 3.63) is 70.4 Å². The second-order valence-electron chi connectivity index (χ2n) is 7.02. The van der Waals surface area contributed by atoms with E-state index in [1.54, 1.807) is 0 Å². The Labute approximate surface area is 154 Å².